The lowest BCUT2D eigenvalue weighted by atomic mass is 10.3. The van der Waals surface area contributed by atoms with Gasteiger partial charge in [0.05, 0.1) is 30.8 Å². The van der Waals surface area contributed by atoms with Crippen LogP contribution in [0, 0.1) is 10.1 Å². The summed E-state index contributed by atoms with van der Waals surface area (Å²) < 4.78 is 6.61. The summed E-state index contributed by atoms with van der Waals surface area (Å²) >= 11 is 0. The fraction of sp³-hybridized carbons (Fsp3) is 0.700. The fourth-order valence-corrected chi connectivity index (χ4v) is 1.90. The van der Waals surface area contributed by atoms with Crippen LogP contribution in [0.5, 0.6) is 0 Å². The molecule has 1 aromatic heterocycles. The second kappa shape index (κ2) is 5.89. The van der Waals surface area contributed by atoms with Crippen LogP contribution >= 0.6 is 0 Å². The molecule has 18 heavy (non-hydrogen) atoms. The van der Waals surface area contributed by atoms with Gasteiger partial charge in [-0.3, -0.25) is 19.7 Å². The van der Waals surface area contributed by atoms with Gasteiger partial charge in [0.25, 0.3) is 0 Å². The second-order valence-electron chi connectivity index (χ2n) is 4.24. The summed E-state index contributed by atoms with van der Waals surface area (Å²) in [4.78, 5) is 12.1. The molecule has 2 rings (SSSR count). The number of aromatic nitrogens is 2. The Kier molecular flexibility index (Phi) is 4.24. The highest BCUT2D eigenvalue weighted by Crippen LogP contribution is 2.08. The van der Waals surface area contributed by atoms with E-state index >= 15 is 0 Å². The summed E-state index contributed by atoms with van der Waals surface area (Å²) in [5.74, 6) is 0. The molecule has 0 aromatic carbocycles. The van der Waals surface area contributed by atoms with Crippen LogP contribution in [0.1, 0.15) is 0 Å². The number of nitrogens with zero attached hydrogens (tertiary/aromatic N) is 4. The molecule has 1 aromatic rings. The van der Waals surface area contributed by atoms with Crippen LogP contribution in [-0.2, 0) is 11.3 Å². The molecule has 1 unspecified atom stereocenters. The Balaban J connectivity index is 1.82. The van der Waals surface area contributed by atoms with Crippen LogP contribution in [0.15, 0.2) is 12.4 Å². The molecule has 1 atom stereocenters. The molecule has 1 aliphatic heterocycles. The van der Waals surface area contributed by atoms with Gasteiger partial charge in [-0.15, -0.1) is 0 Å². The van der Waals surface area contributed by atoms with E-state index in [1.807, 2.05) is 0 Å². The van der Waals surface area contributed by atoms with Crippen LogP contribution in [0.25, 0.3) is 0 Å². The van der Waals surface area contributed by atoms with Gasteiger partial charge in [0.2, 0.25) is 0 Å². The Labute approximate surface area is 104 Å². The molecule has 1 fully saturated rings. The van der Waals surface area contributed by atoms with Gasteiger partial charge in [-0.2, -0.15) is 5.10 Å². The monoisotopic (exact) mass is 256 g/mol. The number of β-amino-alcohol motifs (C(OH)–C–C–N with tert-alkyl or cyclic N) is 1. The largest absolute Gasteiger partial charge is 0.390 e. The van der Waals surface area contributed by atoms with E-state index in [-0.39, 0.29) is 12.2 Å². The van der Waals surface area contributed by atoms with Crippen LogP contribution in [0.2, 0.25) is 0 Å². The van der Waals surface area contributed by atoms with E-state index in [0.717, 1.165) is 13.1 Å². The average molecular weight is 256 g/mol. The Morgan fingerprint density at radius 3 is 2.83 bits per heavy atom. The SMILES string of the molecule is O=[N+]([O-])c1cnn(CC(O)CN2CCOCC2)c1. The van der Waals surface area contributed by atoms with Gasteiger partial charge in [0, 0.05) is 19.6 Å². The van der Waals surface area contributed by atoms with Gasteiger partial charge >= 0.3 is 5.69 Å². The van der Waals surface area contributed by atoms with Crippen LogP contribution in [0.3, 0.4) is 0 Å². The number of nitro groups is 1. The first-order valence-corrected chi connectivity index (χ1v) is 5.80. The van der Waals surface area contributed by atoms with Crippen molar-refractivity contribution in [2.45, 2.75) is 12.6 Å². The molecule has 8 heteroatoms. The van der Waals surface area contributed by atoms with Crippen molar-refractivity contribution >= 4 is 5.69 Å². The van der Waals surface area contributed by atoms with E-state index in [2.05, 4.69) is 10.00 Å². The normalized spacial score (nSPS) is 18.7. The number of aliphatic hydroxyl groups is 1. The number of aliphatic hydroxyl groups excluding tert-OH is 1. The third-order valence-corrected chi connectivity index (χ3v) is 2.80. The molecule has 8 nitrogen and oxygen atoms in total. The first-order valence-electron chi connectivity index (χ1n) is 5.80. The number of morpholine rings is 1. The summed E-state index contributed by atoms with van der Waals surface area (Å²) in [5.41, 5.74) is -0.0615. The smallest absolute Gasteiger partial charge is 0.306 e. The topological polar surface area (TPSA) is 93.7 Å². The summed E-state index contributed by atoms with van der Waals surface area (Å²) in [5, 5.41) is 24.2. The molecule has 0 aliphatic carbocycles. The van der Waals surface area contributed by atoms with Crippen molar-refractivity contribution in [3.8, 4) is 0 Å². The Bertz CT molecular complexity index is 402. The van der Waals surface area contributed by atoms with E-state index in [1.54, 1.807) is 0 Å². The summed E-state index contributed by atoms with van der Waals surface area (Å²) in [6.45, 7) is 3.74. The van der Waals surface area contributed by atoms with Crippen molar-refractivity contribution in [2.75, 3.05) is 32.8 Å². The van der Waals surface area contributed by atoms with Crippen molar-refractivity contribution in [3.63, 3.8) is 0 Å². The van der Waals surface area contributed by atoms with E-state index in [4.69, 9.17) is 4.74 Å². The number of rotatable bonds is 5. The first kappa shape index (κ1) is 12.9. The molecule has 0 bridgehead atoms. The molecular formula is C10H16N4O4. The first-order chi connectivity index (χ1) is 8.65. The zero-order valence-corrected chi connectivity index (χ0v) is 9.94. The van der Waals surface area contributed by atoms with E-state index in [1.165, 1.54) is 17.1 Å². The zero-order chi connectivity index (χ0) is 13.0. The highest BCUT2D eigenvalue weighted by molar-refractivity contribution is 5.20. The molecular weight excluding hydrogens is 240 g/mol. The number of hydrogen-bond acceptors (Lipinski definition) is 6. The van der Waals surface area contributed by atoms with E-state index in [9.17, 15) is 15.2 Å². The van der Waals surface area contributed by atoms with Crippen molar-refractivity contribution in [1.82, 2.24) is 14.7 Å². The van der Waals surface area contributed by atoms with Gasteiger partial charge in [-0.05, 0) is 0 Å². The van der Waals surface area contributed by atoms with Crippen molar-refractivity contribution < 1.29 is 14.8 Å². The van der Waals surface area contributed by atoms with Gasteiger partial charge in [0.15, 0.2) is 0 Å². The predicted molar refractivity (Wildman–Crippen MR) is 62.1 cm³/mol. The summed E-state index contributed by atoms with van der Waals surface area (Å²) in [6, 6.07) is 0. The van der Waals surface area contributed by atoms with Crippen molar-refractivity contribution in [3.05, 3.63) is 22.5 Å². The van der Waals surface area contributed by atoms with Gasteiger partial charge in [-0.1, -0.05) is 0 Å². The van der Waals surface area contributed by atoms with Crippen molar-refractivity contribution in [1.29, 1.82) is 0 Å². The van der Waals surface area contributed by atoms with E-state index in [0.29, 0.717) is 19.8 Å². The highest BCUT2D eigenvalue weighted by atomic mass is 16.6. The molecule has 0 spiro atoms. The summed E-state index contributed by atoms with van der Waals surface area (Å²) in [7, 11) is 0. The maximum atomic E-state index is 10.5. The molecule has 1 aliphatic rings. The lowest BCUT2D eigenvalue weighted by Gasteiger charge is -2.28. The molecule has 100 valence electrons. The minimum Gasteiger partial charge on any atom is -0.390 e. The number of ether oxygens (including phenoxy) is 1. The molecule has 1 saturated heterocycles. The lowest BCUT2D eigenvalue weighted by Crippen LogP contribution is -2.42. The molecule has 0 radical (unpaired) electrons. The standard InChI is InChI=1S/C10H16N4O4/c15-10(7-12-1-3-18-4-2-12)8-13-6-9(5-11-13)14(16)17/h5-6,10,15H,1-4,7-8H2. The second-order valence-corrected chi connectivity index (χ2v) is 4.24. The molecule has 0 saturated carbocycles. The minimum absolute atomic E-state index is 0.0615. The summed E-state index contributed by atoms with van der Waals surface area (Å²) in [6.07, 6.45) is 1.91. The maximum absolute atomic E-state index is 10.5. The Hall–Kier alpha value is -1.51. The van der Waals surface area contributed by atoms with Gasteiger partial charge in [0.1, 0.15) is 12.4 Å². The molecule has 2 heterocycles. The van der Waals surface area contributed by atoms with Crippen LogP contribution in [0.4, 0.5) is 5.69 Å². The average Bonchev–Trinajstić information content (AvgIpc) is 2.78. The predicted octanol–water partition coefficient (Wildman–Crippen LogP) is -0.516. The van der Waals surface area contributed by atoms with Crippen LogP contribution in [-0.4, -0.2) is 63.7 Å². The van der Waals surface area contributed by atoms with Crippen molar-refractivity contribution in [2.24, 2.45) is 0 Å². The Morgan fingerprint density at radius 1 is 1.50 bits per heavy atom. The lowest BCUT2D eigenvalue weighted by molar-refractivity contribution is -0.385. The minimum atomic E-state index is -0.595. The van der Waals surface area contributed by atoms with Gasteiger partial charge in [-0.25, -0.2) is 0 Å². The molecule has 1 N–H and O–H groups in total. The number of hydrogen-bond donors (Lipinski definition) is 1. The Morgan fingerprint density at radius 2 is 2.22 bits per heavy atom. The quantitative estimate of drug-likeness (QED) is 0.563. The fourth-order valence-electron chi connectivity index (χ4n) is 1.90. The van der Waals surface area contributed by atoms with Crippen LogP contribution < -0.4 is 0 Å². The maximum Gasteiger partial charge on any atom is 0.306 e. The highest BCUT2D eigenvalue weighted by Gasteiger charge is 2.16. The van der Waals surface area contributed by atoms with E-state index < -0.39 is 11.0 Å². The third kappa shape index (κ3) is 3.49. The molecule has 0 amide bonds. The third-order valence-electron chi connectivity index (χ3n) is 2.80. The van der Waals surface area contributed by atoms with Gasteiger partial charge < -0.3 is 9.84 Å². The zero-order valence-electron chi connectivity index (χ0n) is 9.94.